The fraction of sp³-hybridized carbons (Fsp3) is 0.211. The molecular formula is C19H17N3O. The van der Waals surface area contributed by atoms with E-state index in [1.54, 1.807) is 6.20 Å². The van der Waals surface area contributed by atoms with Gasteiger partial charge in [0.1, 0.15) is 6.33 Å². The molecule has 4 heteroatoms. The molecule has 0 unspecified atom stereocenters. The molecule has 0 radical (unpaired) electrons. The van der Waals surface area contributed by atoms with Crippen LogP contribution in [0.4, 0.5) is 0 Å². The van der Waals surface area contributed by atoms with Crippen LogP contribution in [0.25, 0.3) is 10.8 Å². The summed E-state index contributed by atoms with van der Waals surface area (Å²) in [6, 6.07) is 14.6. The van der Waals surface area contributed by atoms with Gasteiger partial charge in [0, 0.05) is 6.20 Å². The number of hydrogen-bond donors (Lipinski definition) is 1. The number of carbonyl (C=O) groups is 1. The molecule has 1 fully saturated rings. The number of rotatable bonds is 3. The second kappa shape index (κ2) is 5.16. The molecule has 4 rings (SSSR count). The van der Waals surface area contributed by atoms with Gasteiger partial charge in [-0.2, -0.15) is 0 Å². The zero-order valence-electron chi connectivity index (χ0n) is 12.9. The first-order valence-electron chi connectivity index (χ1n) is 7.77. The third kappa shape index (κ3) is 2.36. The van der Waals surface area contributed by atoms with Gasteiger partial charge in [0.25, 0.3) is 5.91 Å². The molecule has 0 bridgehead atoms. The lowest BCUT2D eigenvalue weighted by atomic mass is 9.96. The van der Waals surface area contributed by atoms with Gasteiger partial charge < -0.3 is 5.32 Å². The third-order valence-corrected chi connectivity index (χ3v) is 4.56. The molecule has 1 heterocycles. The molecule has 23 heavy (non-hydrogen) atoms. The van der Waals surface area contributed by atoms with E-state index in [1.165, 1.54) is 22.7 Å². The van der Waals surface area contributed by atoms with Crippen LogP contribution in [-0.4, -0.2) is 15.9 Å². The Balaban J connectivity index is 1.71. The van der Waals surface area contributed by atoms with E-state index >= 15 is 0 Å². The van der Waals surface area contributed by atoms with Gasteiger partial charge >= 0.3 is 0 Å². The molecule has 1 N–H and O–H groups in total. The highest BCUT2D eigenvalue weighted by Crippen LogP contribution is 2.48. The van der Waals surface area contributed by atoms with Gasteiger partial charge in [-0.1, -0.05) is 42.5 Å². The molecule has 1 amide bonds. The minimum atomic E-state index is -0.264. The van der Waals surface area contributed by atoms with Gasteiger partial charge in [-0.3, -0.25) is 4.79 Å². The maximum Gasteiger partial charge on any atom is 0.255 e. The van der Waals surface area contributed by atoms with Crippen molar-refractivity contribution >= 4 is 16.7 Å². The van der Waals surface area contributed by atoms with E-state index in [9.17, 15) is 4.79 Å². The van der Waals surface area contributed by atoms with Gasteiger partial charge in [-0.15, -0.1) is 0 Å². The smallest absolute Gasteiger partial charge is 0.255 e. The molecule has 1 saturated carbocycles. The fourth-order valence-corrected chi connectivity index (χ4v) is 3.13. The number of hydrogen-bond acceptors (Lipinski definition) is 3. The first-order chi connectivity index (χ1) is 11.2. The standard InChI is InChI=1S/C19H17N3O/c1-13-16(11-20-12-21-13)18(23)22-19(9-10-19)17-8-4-6-14-5-2-3-7-15(14)17/h2-8,11-12H,9-10H2,1H3,(H,22,23). The van der Waals surface area contributed by atoms with E-state index in [2.05, 4.69) is 45.6 Å². The lowest BCUT2D eigenvalue weighted by Crippen LogP contribution is -2.35. The SMILES string of the molecule is Cc1ncncc1C(=O)NC1(c2cccc3ccccc23)CC1. The van der Waals surface area contributed by atoms with Crippen molar-refractivity contribution in [3.05, 3.63) is 71.8 Å². The quantitative estimate of drug-likeness (QED) is 0.807. The van der Waals surface area contributed by atoms with Gasteiger partial charge in [0.15, 0.2) is 0 Å². The summed E-state index contributed by atoms with van der Waals surface area (Å²) in [7, 11) is 0. The van der Waals surface area contributed by atoms with Crippen molar-refractivity contribution in [1.29, 1.82) is 0 Å². The lowest BCUT2D eigenvalue weighted by Gasteiger charge is -2.20. The van der Waals surface area contributed by atoms with Crippen LogP contribution in [0.1, 0.15) is 34.5 Å². The van der Waals surface area contributed by atoms with Crippen molar-refractivity contribution in [2.24, 2.45) is 0 Å². The molecule has 0 spiro atoms. The molecule has 3 aromatic rings. The minimum Gasteiger partial charge on any atom is -0.342 e. The van der Waals surface area contributed by atoms with Crippen LogP contribution in [0.2, 0.25) is 0 Å². The molecule has 0 aliphatic heterocycles. The van der Waals surface area contributed by atoms with E-state index in [1.807, 2.05) is 19.1 Å². The van der Waals surface area contributed by atoms with E-state index in [4.69, 9.17) is 0 Å². The van der Waals surface area contributed by atoms with Gasteiger partial charge in [-0.25, -0.2) is 9.97 Å². The Morgan fingerprint density at radius 1 is 1.13 bits per heavy atom. The Morgan fingerprint density at radius 3 is 2.70 bits per heavy atom. The molecule has 4 nitrogen and oxygen atoms in total. The van der Waals surface area contributed by atoms with E-state index in [0.29, 0.717) is 11.3 Å². The number of benzene rings is 2. The number of carbonyl (C=O) groups excluding carboxylic acids is 1. The van der Waals surface area contributed by atoms with E-state index in [0.717, 1.165) is 12.8 Å². The Hall–Kier alpha value is -2.75. The van der Waals surface area contributed by atoms with Crippen LogP contribution >= 0.6 is 0 Å². The number of amides is 1. The van der Waals surface area contributed by atoms with Crippen LogP contribution in [0.5, 0.6) is 0 Å². The van der Waals surface area contributed by atoms with Crippen molar-refractivity contribution < 1.29 is 4.79 Å². The normalized spacial score (nSPS) is 15.3. The van der Waals surface area contributed by atoms with Crippen LogP contribution < -0.4 is 5.32 Å². The lowest BCUT2D eigenvalue weighted by molar-refractivity contribution is 0.0929. The first kappa shape index (κ1) is 13.9. The summed E-state index contributed by atoms with van der Waals surface area (Å²) in [5.41, 5.74) is 2.17. The molecule has 1 aromatic heterocycles. The number of fused-ring (bicyclic) bond motifs is 1. The Labute approximate surface area is 134 Å². The summed E-state index contributed by atoms with van der Waals surface area (Å²) in [5.74, 6) is -0.103. The fourth-order valence-electron chi connectivity index (χ4n) is 3.13. The van der Waals surface area contributed by atoms with Gasteiger partial charge in [-0.05, 0) is 36.1 Å². The van der Waals surface area contributed by atoms with Crippen molar-refractivity contribution in [3.8, 4) is 0 Å². The summed E-state index contributed by atoms with van der Waals surface area (Å²) in [6.07, 6.45) is 4.96. The topological polar surface area (TPSA) is 54.9 Å². The van der Waals surface area contributed by atoms with Crippen molar-refractivity contribution in [1.82, 2.24) is 15.3 Å². The Morgan fingerprint density at radius 2 is 1.91 bits per heavy atom. The highest BCUT2D eigenvalue weighted by molar-refractivity contribution is 5.96. The minimum absolute atomic E-state index is 0.103. The average molecular weight is 303 g/mol. The second-order valence-corrected chi connectivity index (χ2v) is 6.08. The summed E-state index contributed by atoms with van der Waals surface area (Å²) in [5, 5.41) is 5.62. The number of aromatic nitrogens is 2. The number of nitrogens with zero attached hydrogens (tertiary/aromatic N) is 2. The highest BCUT2D eigenvalue weighted by Gasteiger charge is 2.46. The molecule has 114 valence electrons. The zero-order chi connectivity index (χ0) is 15.9. The largest absolute Gasteiger partial charge is 0.342 e. The van der Waals surface area contributed by atoms with E-state index < -0.39 is 0 Å². The molecule has 2 aromatic carbocycles. The molecule has 1 aliphatic rings. The number of aryl methyl sites for hydroxylation is 1. The van der Waals surface area contributed by atoms with Crippen LogP contribution in [0.3, 0.4) is 0 Å². The van der Waals surface area contributed by atoms with Crippen LogP contribution in [0, 0.1) is 6.92 Å². The second-order valence-electron chi connectivity index (χ2n) is 6.08. The first-order valence-corrected chi connectivity index (χ1v) is 7.77. The zero-order valence-corrected chi connectivity index (χ0v) is 12.9. The maximum absolute atomic E-state index is 12.6. The molecule has 1 aliphatic carbocycles. The third-order valence-electron chi connectivity index (χ3n) is 4.56. The number of nitrogens with one attached hydrogen (secondary N) is 1. The van der Waals surface area contributed by atoms with Crippen LogP contribution in [-0.2, 0) is 5.54 Å². The summed E-state index contributed by atoms with van der Waals surface area (Å²) in [6.45, 7) is 1.83. The van der Waals surface area contributed by atoms with E-state index in [-0.39, 0.29) is 11.4 Å². The average Bonchev–Trinajstić information content (AvgIpc) is 3.35. The monoisotopic (exact) mass is 303 g/mol. The molecule has 0 saturated heterocycles. The van der Waals surface area contributed by atoms with Crippen molar-refractivity contribution in [2.75, 3.05) is 0 Å². The predicted octanol–water partition coefficient (Wildman–Crippen LogP) is 3.36. The summed E-state index contributed by atoms with van der Waals surface area (Å²) >= 11 is 0. The molecule has 0 atom stereocenters. The summed E-state index contributed by atoms with van der Waals surface area (Å²) < 4.78 is 0. The maximum atomic E-state index is 12.6. The van der Waals surface area contributed by atoms with Crippen molar-refractivity contribution in [2.45, 2.75) is 25.3 Å². The Kier molecular flexibility index (Phi) is 3.11. The van der Waals surface area contributed by atoms with Crippen molar-refractivity contribution in [3.63, 3.8) is 0 Å². The predicted molar refractivity (Wildman–Crippen MR) is 89.1 cm³/mol. The Bertz CT molecular complexity index is 895. The van der Waals surface area contributed by atoms with Crippen LogP contribution in [0.15, 0.2) is 55.0 Å². The van der Waals surface area contributed by atoms with Gasteiger partial charge in [0.05, 0.1) is 16.8 Å². The highest BCUT2D eigenvalue weighted by atomic mass is 16.1. The van der Waals surface area contributed by atoms with Gasteiger partial charge in [0.2, 0.25) is 0 Å². The molecular weight excluding hydrogens is 286 g/mol. The summed E-state index contributed by atoms with van der Waals surface area (Å²) in [4.78, 5) is 20.7.